The van der Waals surface area contributed by atoms with Crippen molar-refractivity contribution in [3.63, 3.8) is 0 Å². The molecule has 0 bridgehead atoms. The Kier molecular flexibility index (Phi) is 10.6. The molecule has 0 aliphatic carbocycles. The molecule has 2 fully saturated rings. The van der Waals surface area contributed by atoms with Gasteiger partial charge in [0.15, 0.2) is 0 Å². The lowest BCUT2D eigenvalue weighted by Crippen LogP contribution is -2.41. The highest BCUT2D eigenvalue weighted by molar-refractivity contribution is 5.95. The SMILES string of the molecule is O=C(O)C(F)(F)F.O=C(O)C(F)(F)F.O=C(c1ccnc(F)c1)N1CC[C@]2(C1)C(=O)NC[C@H]2COc1ccccn1. The van der Waals surface area contributed by atoms with Gasteiger partial charge in [0.25, 0.3) is 5.91 Å². The second kappa shape index (κ2) is 13.2. The summed E-state index contributed by atoms with van der Waals surface area (Å²) in [4.78, 5) is 52.3. The molecule has 2 aromatic heterocycles. The number of carboxylic acid groups (broad SMARTS) is 2. The molecule has 2 aliphatic heterocycles. The number of nitrogens with one attached hydrogen (secondary N) is 1. The Morgan fingerprint density at radius 1 is 1.02 bits per heavy atom. The van der Waals surface area contributed by atoms with E-state index >= 15 is 0 Å². The Hall–Kier alpha value is -4.51. The van der Waals surface area contributed by atoms with Crippen LogP contribution < -0.4 is 10.1 Å². The van der Waals surface area contributed by atoms with Gasteiger partial charge in [0.2, 0.25) is 17.7 Å². The van der Waals surface area contributed by atoms with Gasteiger partial charge in [0, 0.05) is 55.6 Å². The fraction of sp³-hybridized carbons (Fsp3) is 0.391. The maximum Gasteiger partial charge on any atom is 0.490 e. The monoisotopic (exact) mass is 598 g/mol. The largest absolute Gasteiger partial charge is 0.490 e. The third kappa shape index (κ3) is 9.00. The number of ether oxygens (including phenoxy) is 1. The fourth-order valence-corrected chi connectivity index (χ4v) is 3.85. The molecule has 2 atom stereocenters. The summed E-state index contributed by atoms with van der Waals surface area (Å²) in [6.45, 7) is 1.56. The summed E-state index contributed by atoms with van der Waals surface area (Å²) >= 11 is 0. The van der Waals surface area contributed by atoms with Crippen molar-refractivity contribution in [3.8, 4) is 5.88 Å². The minimum atomic E-state index is -5.08. The Bertz CT molecular complexity index is 1220. The first-order valence-corrected chi connectivity index (χ1v) is 11.3. The van der Waals surface area contributed by atoms with Crippen molar-refractivity contribution in [1.82, 2.24) is 20.2 Å². The molecule has 4 rings (SSSR count). The van der Waals surface area contributed by atoms with Crippen LogP contribution in [0.15, 0.2) is 42.7 Å². The third-order valence-corrected chi connectivity index (χ3v) is 5.86. The number of nitrogens with zero attached hydrogens (tertiary/aromatic N) is 3. The average Bonchev–Trinajstić information content (AvgIpc) is 3.47. The van der Waals surface area contributed by atoms with Gasteiger partial charge in [0.1, 0.15) is 0 Å². The van der Waals surface area contributed by atoms with Crippen LogP contribution in [0.5, 0.6) is 5.88 Å². The molecular formula is C23H21F7N4O7. The zero-order chi connectivity index (χ0) is 31.0. The summed E-state index contributed by atoms with van der Waals surface area (Å²) in [5.41, 5.74) is -0.449. The summed E-state index contributed by atoms with van der Waals surface area (Å²) in [5.74, 6) is -6.13. The zero-order valence-corrected chi connectivity index (χ0v) is 20.6. The smallest absolute Gasteiger partial charge is 0.477 e. The Morgan fingerprint density at radius 3 is 2.15 bits per heavy atom. The van der Waals surface area contributed by atoms with E-state index in [1.54, 1.807) is 23.2 Å². The normalized spacial score (nSPS) is 19.8. The van der Waals surface area contributed by atoms with E-state index in [0.29, 0.717) is 32.0 Å². The van der Waals surface area contributed by atoms with Crippen molar-refractivity contribution in [2.75, 3.05) is 26.2 Å². The molecular weight excluding hydrogens is 577 g/mol. The number of amides is 2. The molecule has 18 heteroatoms. The number of carbonyl (C=O) groups is 4. The minimum Gasteiger partial charge on any atom is -0.477 e. The van der Waals surface area contributed by atoms with Crippen LogP contribution in [0.3, 0.4) is 0 Å². The third-order valence-electron chi connectivity index (χ3n) is 5.86. The number of carboxylic acids is 2. The van der Waals surface area contributed by atoms with Gasteiger partial charge in [-0.2, -0.15) is 30.7 Å². The van der Waals surface area contributed by atoms with Crippen molar-refractivity contribution in [2.45, 2.75) is 18.8 Å². The van der Waals surface area contributed by atoms with Crippen molar-refractivity contribution in [1.29, 1.82) is 0 Å². The first kappa shape index (κ1) is 32.7. The number of hydrogen-bond acceptors (Lipinski definition) is 7. The number of alkyl halides is 6. The summed E-state index contributed by atoms with van der Waals surface area (Å²) in [5, 5.41) is 17.1. The van der Waals surface area contributed by atoms with E-state index in [1.165, 1.54) is 12.3 Å². The highest BCUT2D eigenvalue weighted by atomic mass is 19.4. The van der Waals surface area contributed by atoms with Crippen molar-refractivity contribution in [2.24, 2.45) is 11.3 Å². The van der Waals surface area contributed by atoms with E-state index < -0.39 is 35.7 Å². The van der Waals surface area contributed by atoms with Gasteiger partial charge in [-0.15, -0.1) is 0 Å². The lowest BCUT2D eigenvalue weighted by atomic mass is 9.77. The number of hydrogen-bond donors (Lipinski definition) is 3. The Morgan fingerprint density at radius 2 is 1.63 bits per heavy atom. The predicted octanol–water partition coefficient (Wildman–Crippen LogP) is 2.54. The van der Waals surface area contributed by atoms with E-state index in [4.69, 9.17) is 24.5 Å². The van der Waals surface area contributed by atoms with Gasteiger partial charge < -0.3 is 25.2 Å². The molecule has 224 valence electrons. The van der Waals surface area contributed by atoms with E-state index in [2.05, 4.69) is 15.3 Å². The molecule has 0 saturated carbocycles. The minimum absolute atomic E-state index is 0.0617. The average molecular weight is 598 g/mol. The molecule has 3 N–H and O–H groups in total. The number of aliphatic carboxylic acids is 2. The maximum atomic E-state index is 13.3. The number of carbonyl (C=O) groups excluding carboxylic acids is 2. The Labute approximate surface area is 225 Å². The molecule has 2 aliphatic rings. The maximum absolute atomic E-state index is 13.3. The standard InChI is InChI=1S/C19H19FN4O3.2C2HF3O2/c20-15-9-13(4-7-21-15)17(25)24-8-5-19(12-24)14(10-23-18(19)26)11-27-16-3-1-2-6-22-16;2*3-2(4,5)1(6)7/h1-4,6-7,9,14H,5,8,10-12H2,(H,23,26);2*(H,6,7)/t14-,19+;;/m0../s1. The number of halogens is 7. The van der Waals surface area contributed by atoms with Crippen molar-refractivity contribution >= 4 is 23.8 Å². The molecule has 2 aromatic rings. The lowest BCUT2D eigenvalue weighted by molar-refractivity contribution is -0.193. The van der Waals surface area contributed by atoms with Gasteiger partial charge in [-0.1, -0.05) is 6.07 Å². The van der Waals surface area contributed by atoms with Crippen molar-refractivity contribution in [3.05, 3.63) is 54.2 Å². The number of rotatable bonds is 4. The van der Waals surface area contributed by atoms with Gasteiger partial charge >= 0.3 is 24.3 Å². The summed E-state index contributed by atoms with van der Waals surface area (Å²) in [6, 6.07) is 7.99. The van der Waals surface area contributed by atoms with Crippen LogP contribution in [0.2, 0.25) is 0 Å². The molecule has 0 radical (unpaired) electrons. The van der Waals surface area contributed by atoms with Crippen LogP contribution in [-0.2, 0) is 14.4 Å². The molecule has 11 nitrogen and oxygen atoms in total. The number of likely N-dealkylation sites (tertiary alicyclic amines) is 1. The zero-order valence-electron chi connectivity index (χ0n) is 20.6. The van der Waals surface area contributed by atoms with E-state index in [-0.39, 0.29) is 29.8 Å². The Balaban J connectivity index is 0.000000349. The summed E-state index contributed by atoms with van der Waals surface area (Å²) in [7, 11) is 0. The molecule has 0 unspecified atom stereocenters. The summed E-state index contributed by atoms with van der Waals surface area (Å²) < 4.78 is 82.6. The van der Waals surface area contributed by atoms with Crippen LogP contribution in [-0.4, -0.2) is 87.4 Å². The van der Waals surface area contributed by atoms with Gasteiger partial charge in [-0.05, 0) is 18.6 Å². The quantitative estimate of drug-likeness (QED) is 0.355. The second-order valence-electron chi connectivity index (χ2n) is 8.49. The van der Waals surface area contributed by atoms with Crippen LogP contribution in [0, 0.1) is 17.3 Å². The first-order chi connectivity index (χ1) is 19.0. The number of pyridine rings is 2. The molecule has 1 spiro atoms. The van der Waals surface area contributed by atoms with Crippen molar-refractivity contribution < 1.29 is 64.9 Å². The predicted molar refractivity (Wildman–Crippen MR) is 121 cm³/mol. The van der Waals surface area contributed by atoms with Gasteiger partial charge in [0.05, 0.1) is 12.0 Å². The van der Waals surface area contributed by atoms with Crippen LogP contribution >= 0.6 is 0 Å². The summed E-state index contributed by atoms with van der Waals surface area (Å²) in [6.07, 6.45) is -6.71. The molecule has 4 heterocycles. The topological polar surface area (TPSA) is 159 Å². The molecule has 2 saturated heterocycles. The molecule has 0 aromatic carbocycles. The highest BCUT2D eigenvalue weighted by Crippen LogP contribution is 2.42. The molecule has 2 amide bonds. The van der Waals surface area contributed by atoms with Crippen LogP contribution in [0.1, 0.15) is 16.8 Å². The van der Waals surface area contributed by atoms with Gasteiger partial charge in [-0.25, -0.2) is 19.6 Å². The number of aromatic nitrogens is 2. The first-order valence-electron chi connectivity index (χ1n) is 11.3. The van der Waals surface area contributed by atoms with Gasteiger partial charge in [-0.3, -0.25) is 9.59 Å². The fourth-order valence-electron chi connectivity index (χ4n) is 3.85. The second-order valence-corrected chi connectivity index (χ2v) is 8.49. The van der Waals surface area contributed by atoms with E-state index in [1.807, 2.05) is 6.07 Å². The highest BCUT2D eigenvalue weighted by Gasteiger charge is 2.55. The van der Waals surface area contributed by atoms with Crippen LogP contribution in [0.4, 0.5) is 30.7 Å². The molecule has 41 heavy (non-hydrogen) atoms. The van der Waals surface area contributed by atoms with Crippen LogP contribution in [0.25, 0.3) is 0 Å². The van der Waals surface area contributed by atoms with E-state index in [0.717, 1.165) is 6.07 Å². The lowest BCUT2D eigenvalue weighted by Gasteiger charge is -2.28. The van der Waals surface area contributed by atoms with E-state index in [9.17, 15) is 40.3 Å².